The van der Waals surface area contributed by atoms with Crippen LogP contribution < -0.4 is 10.5 Å². The highest BCUT2D eigenvalue weighted by Gasteiger charge is 2.18. The predicted molar refractivity (Wildman–Crippen MR) is 68.9 cm³/mol. The Morgan fingerprint density at radius 2 is 2.28 bits per heavy atom. The monoisotopic (exact) mass is 249 g/mol. The summed E-state index contributed by atoms with van der Waals surface area (Å²) in [5.74, 6) is 0.677. The Kier molecular flexibility index (Phi) is 4.73. The number of carbonyl (C=O) groups is 1. The SMILES string of the molecule is NCCC(=O)c1ccccc1OC1CCCOC1. The molecule has 1 atom stereocenters. The van der Waals surface area contributed by atoms with E-state index < -0.39 is 0 Å². The largest absolute Gasteiger partial charge is 0.487 e. The lowest BCUT2D eigenvalue weighted by atomic mass is 10.1. The molecule has 1 heterocycles. The van der Waals surface area contributed by atoms with Crippen LogP contribution in [0.2, 0.25) is 0 Å². The van der Waals surface area contributed by atoms with Gasteiger partial charge < -0.3 is 15.2 Å². The number of ether oxygens (including phenoxy) is 2. The quantitative estimate of drug-likeness (QED) is 0.808. The van der Waals surface area contributed by atoms with Crippen molar-refractivity contribution in [2.24, 2.45) is 5.73 Å². The highest BCUT2D eigenvalue weighted by Crippen LogP contribution is 2.23. The van der Waals surface area contributed by atoms with Crippen molar-refractivity contribution in [2.45, 2.75) is 25.4 Å². The first-order valence-electron chi connectivity index (χ1n) is 6.38. The van der Waals surface area contributed by atoms with Gasteiger partial charge in [-0.05, 0) is 31.5 Å². The molecule has 0 aliphatic carbocycles. The molecule has 0 spiro atoms. The second kappa shape index (κ2) is 6.52. The molecule has 4 nitrogen and oxygen atoms in total. The average Bonchev–Trinajstić information content (AvgIpc) is 2.41. The van der Waals surface area contributed by atoms with Crippen molar-refractivity contribution in [3.63, 3.8) is 0 Å². The van der Waals surface area contributed by atoms with Crippen molar-refractivity contribution in [3.05, 3.63) is 29.8 Å². The predicted octanol–water partition coefficient (Wildman–Crippen LogP) is 1.78. The first-order valence-corrected chi connectivity index (χ1v) is 6.38. The van der Waals surface area contributed by atoms with E-state index in [9.17, 15) is 4.79 Å². The van der Waals surface area contributed by atoms with E-state index in [4.69, 9.17) is 15.2 Å². The number of hydrogen-bond acceptors (Lipinski definition) is 4. The topological polar surface area (TPSA) is 61.6 Å². The minimum absolute atomic E-state index is 0.0322. The first kappa shape index (κ1) is 13.1. The maximum Gasteiger partial charge on any atom is 0.167 e. The Bertz CT molecular complexity index is 400. The lowest BCUT2D eigenvalue weighted by Crippen LogP contribution is -2.28. The van der Waals surface area contributed by atoms with E-state index in [1.165, 1.54) is 0 Å². The molecule has 1 unspecified atom stereocenters. The van der Waals surface area contributed by atoms with Gasteiger partial charge in [0.1, 0.15) is 11.9 Å². The molecule has 1 saturated heterocycles. The van der Waals surface area contributed by atoms with Crippen LogP contribution in [0.25, 0.3) is 0 Å². The molecule has 1 aliphatic rings. The minimum Gasteiger partial charge on any atom is -0.487 e. The van der Waals surface area contributed by atoms with Crippen molar-refractivity contribution in [3.8, 4) is 5.75 Å². The molecule has 1 aromatic carbocycles. The normalized spacial score (nSPS) is 19.5. The number of Topliss-reactive ketones (excluding diaryl/α,β-unsaturated/α-hetero) is 1. The van der Waals surface area contributed by atoms with Gasteiger partial charge in [-0.2, -0.15) is 0 Å². The zero-order chi connectivity index (χ0) is 12.8. The molecule has 18 heavy (non-hydrogen) atoms. The van der Waals surface area contributed by atoms with Gasteiger partial charge in [0.25, 0.3) is 0 Å². The van der Waals surface area contributed by atoms with E-state index in [0.29, 0.717) is 30.9 Å². The third-order valence-corrected chi connectivity index (χ3v) is 2.97. The first-order chi connectivity index (χ1) is 8.81. The number of hydrogen-bond donors (Lipinski definition) is 1. The molecule has 98 valence electrons. The smallest absolute Gasteiger partial charge is 0.167 e. The standard InChI is InChI=1S/C14H19NO3/c15-8-7-13(16)12-5-1-2-6-14(12)18-11-4-3-9-17-10-11/h1-2,5-6,11H,3-4,7-10,15H2. The van der Waals surface area contributed by atoms with Crippen LogP contribution in [0, 0.1) is 0 Å². The van der Waals surface area contributed by atoms with Gasteiger partial charge in [-0.15, -0.1) is 0 Å². The molecular formula is C14H19NO3. The van der Waals surface area contributed by atoms with Crippen LogP contribution in [0.5, 0.6) is 5.75 Å². The summed E-state index contributed by atoms with van der Waals surface area (Å²) in [5, 5.41) is 0. The molecule has 1 aromatic rings. The van der Waals surface area contributed by atoms with Crippen molar-refractivity contribution >= 4 is 5.78 Å². The summed E-state index contributed by atoms with van der Waals surface area (Å²) in [6.45, 7) is 1.76. The lowest BCUT2D eigenvalue weighted by molar-refractivity contribution is 0.00710. The summed E-state index contributed by atoms with van der Waals surface area (Å²) in [6.07, 6.45) is 2.37. The fraction of sp³-hybridized carbons (Fsp3) is 0.500. The van der Waals surface area contributed by atoms with Gasteiger partial charge in [-0.1, -0.05) is 12.1 Å². The summed E-state index contributed by atoms with van der Waals surface area (Å²) in [7, 11) is 0. The zero-order valence-electron chi connectivity index (χ0n) is 10.4. The molecule has 0 saturated carbocycles. The van der Waals surface area contributed by atoms with Gasteiger partial charge in [-0.3, -0.25) is 4.79 Å². The fourth-order valence-corrected chi connectivity index (χ4v) is 2.05. The van der Waals surface area contributed by atoms with Gasteiger partial charge in [0.05, 0.1) is 12.2 Å². The summed E-state index contributed by atoms with van der Waals surface area (Å²) < 4.78 is 11.2. The van der Waals surface area contributed by atoms with Crippen molar-refractivity contribution in [2.75, 3.05) is 19.8 Å². The Labute approximate surface area is 107 Å². The van der Waals surface area contributed by atoms with Gasteiger partial charge in [0.2, 0.25) is 0 Å². The van der Waals surface area contributed by atoms with Crippen molar-refractivity contribution in [1.29, 1.82) is 0 Å². The van der Waals surface area contributed by atoms with E-state index in [1.807, 2.05) is 18.2 Å². The summed E-state index contributed by atoms with van der Waals surface area (Å²) >= 11 is 0. The van der Waals surface area contributed by atoms with Crippen LogP contribution in [0.4, 0.5) is 0 Å². The van der Waals surface area contributed by atoms with Crippen LogP contribution in [0.15, 0.2) is 24.3 Å². The van der Waals surface area contributed by atoms with E-state index in [1.54, 1.807) is 6.07 Å². The van der Waals surface area contributed by atoms with E-state index >= 15 is 0 Å². The number of ketones is 1. The molecular weight excluding hydrogens is 230 g/mol. The minimum atomic E-state index is 0.0322. The van der Waals surface area contributed by atoms with E-state index in [2.05, 4.69) is 0 Å². The lowest BCUT2D eigenvalue weighted by Gasteiger charge is -2.24. The Morgan fingerprint density at radius 3 is 3.00 bits per heavy atom. The summed E-state index contributed by atoms with van der Waals surface area (Å²) in [4.78, 5) is 11.9. The van der Waals surface area contributed by atoms with Crippen molar-refractivity contribution in [1.82, 2.24) is 0 Å². The number of benzene rings is 1. The molecule has 0 amide bonds. The Balaban J connectivity index is 2.08. The molecule has 0 aromatic heterocycles. The van der Waals surface area contributed by atoms with Gasteiger partial charge >= 0.3 is 0 Å². The fourth-order valence-electron chi connectivity index (χ4n) is 2.05. The van der Waals surface area contributed by atoms with Crippen molar-refractivity contribution < 1.29 is 14.3 Å². The third-order valence-electron chi connectivity index (χ3n) is 2.97. The second-order valence-electron chi connectivity index (χ2n) is 4.42. The molecule has 0 radical (unpaired) electrons. The van der Waals surface area contributed by atoms with E-state index in [-0.39, 0.29) is 11.9 Å². The maximum absolute atomic E-state index is 11.9. The van der Waals surface area contributed by atoms with E-state index in [0.717, 1.165) is 19.4 Å². The van der Waals surface area contributed by atoms with Gasteiger partial charge in [0, 0.05) is 13.0 Å². The summed E-state index contributed by atoms with van der Waals surface area (Å²) in [6, 6.07) is 7.33. The maximum atomic E-state index is 11.9. The Morgan fingerprint density at radius 1 is 1.44 bits per heavy atom. The number of nitrogens with two attached hydrogens (primary N) is 1. The average molecular weight is 249 g/mol. The van der Waals surface area contributed by atoms with Gasteiger partial charge in [0.15, 0.2) is 5.78 Å². The van der Waals surface area contributed by atoms with Crippen LogP contribution in [-0.2, 0) is 4.74 Å². The number of carbonyl (C=O) groups excluding carboxylic acids is 1. The third kappa shape index (κ3) is 3.31. The van der Waals surface area contributed by atoms with Crippen LogP contribution in [0.1, 0.15) is 29.6 Å². The zero-order valence-corrected chi connectivity index (χ0v) is 10.4. The molecule has 2 N–H and O–H groups in total. The number of rotatable bonds is 5. The highest BCUT2D eigenvalue weighted by molar-refractivity contribution is 5.98. The van der Waals surface area contributed by atoms with Crippen LogP contribution >= 0.6 is 0 Å². The molecule has 4 heteroatoms. The number of para-hydroxylation sites is 1. The molecule has 1 fully saturated rings. The second-order valence-corrected chi connectivity index (χ2v) is 4.42. The van der Waals surface area contributed by atoms with Crippen LogP contribution in [0.3, 0.4) is 0 Å². The highest BCUT2D eigenvalue weighted by atomic mass is 16.5. The summed E-state index contributed by atoms with van der Waals surface area (Å²) in [5.41, 5.74) is 6.04. The van der Waals surface area contributed by atoms with Gasteiger partial charge in [-0.25, -0.2) is 0 Å². The van der Waals surface area contributed by atoms with Crippen LogP contribution in [-0.4, -0.2) is 31.6 Å². The molecule has 1 aliphatic heterocycles. The molecule has 0 bridgehead atoms. The Hall–Kier alpha value is -1.39. The molecule has 2 rings (SSSR count).